The van der Waals surface area contributed by atoms with Crippen molar-refractivity contribution < 1.29 is 17.9 Å². The molecule has 0 saturated carbocycles. The average molecular weight is 384 g/mol. The van der Waals surface area contributed by atoms with Gasteiger partial charge in [0.15, 0.2) is 5.96 Å². The highest BCUT2D eigenvalue weighted by atomic mass is 19.4. The first-order valence-electron chi connectivity index (χ1n) is 9.42. The molecule has 150 valence electrons. The fraction of sp³-hybridized carbons (Fsp3) is 0.632. The van der Waals surface area contributed by atoms with Gasteiger partial charge in [0.2, 0.25) is 0 Å². The molecular formula is C19H27F3N4O. The molecule has 27 heavy (non-hydrogen) atoms. The summed E-state index contributed by atoms with van der Waals surface area (Å²) in [5.74, 6) is 0.978. The van der Waals surface area contributed by atoms with Crippen molar-refractivity contribution in [2.75, 3.05) is 44.3 Å². The maximum absolute atomic E-state index is 13.6. The van der Waals surface area contributed by atoms with E-state index in [0.717, 1.165) is 25.9 Å². The number of piperidine rings is 1. The highest BCUT2D eigenvalue weighted by molar-refractivity contribution is 5.78. The SMILES string of the molecule is CC1CCN(C(N)=NCc2ccc(N3CCOCC3)cc2C(F)(F)F)CC1. The van der Waals surface area contributed by atoms with Crippen molar-refractivity contribution >= 4 is 11.6 Å². The second kappa shape index (κ2) is 8.37. The molecule has 0 atom stereocenters. The zero-order valence-electron chi connectivity index (χ0n) is 15.6. The number of rotatable bonds is 3. The number of benzene rings is 1. The molecule has 3 rings (SSSR count). The van der Waals surface area contributed by atoms with Crippen molar-refractivity contribution in [3.63, 3.8) is 0 Å². The van der Waals surface area contributed by atoms with E-state index < -0.39 is 11.7 Å². The minimum atomic E-state index is -4.43. The predicted octanol–water partition coefficient (Wildman–Crippen LogP) is 3.09. The third-order valence-electron chi connectivity index (χ3n) is 5.29. The Morgan fingerprint density at radius 2 is 1.85 bits per heavy atom. The first kappa shape index (κ1) is 19.8. The summed E-state index contributed by atoms with van der Waals surface area (Å²) in [7, 11) is 0. The topological polar surface area (TPSA) is 54.1 Å². The minimum absolute atomic E-state index is 0.0733. The molecule has 0 unspecified atom stereocenters. The molecular weight excluding hydrogens is 357 g/mol. The van der Waals surface area contributed by atoms with Crippen LogP contribution < -0.4 is 10.6 Å². The number of aliphatic imine (C=N–C) groups is 1. The van der Waals surface area contributed by atoms with E-state index in [1.807, 2.05) is 9.80 Å². The molecule has 5 nitrogen and oxygen atoms in total. The quantitative estimate of drug-likeness (QED) is 0.643. The van der Waals surface area contributed by atoms with Gasteiger partial charge in [-0.15, -0.1) is 0 Å². The van der Waals surface area contributed by atoms with Gasteiger partial charge in [0.05, 0.1) is 25.3 Å². The molecule has 0 radical (unpaired) electrons. The van der Waals surface area contributed by atoms with E-state index in [1.54, 1.807) is 6.07 Å². The summed E-state index contributed by atoms with van der Waals surface area (Å²) in [4.78, 5) is 8.11. The van der Waals surface area contributed by atoms with Crippen molar-refractivity contribution in [3.8, 4) is 0 Å². The van der Waals surface area contributed by atoms with E-state index >= 15 is 0 Å². The lowest BCUT2D eigenvalue weighted by Gasteiger charge is -2.31. The molecule has 0 aromatic heterocycles. The first-order valence-corrected chi connectivity index (χ1v) is 9.42. The number of hydrogen-bond acceptors (Lipinski definition) is 3. The van der Waals surface area contributed by atoms with Gasteiger partial charge in [0.1, 0.15) is 0 Å². The lowest BCUT2D eigenvalue weighted by atomic mass is 10.00. The molecule has 2 N–H and O–H groups in total. The van der Waals surface area contributed by atoms with Gasteiger partial charge in [-0.25, -0.2) is 4.99 Å². The maximum Gasteiger partial charge on any atom is 0.416 e. The lowest BCUT2D eigenvalue weighted by molar-refractivity contribution is -0.138. The van der Waals surface area contributed by atoms with Crippen molar-refractivity contribution in [3.05, 3.63) is 29.3 Å². The number of nitrogens with zero attached hydrogens (tertiary/aromatic N) is 3. The minimum Gasteiger partial charge on any atom is -0.378 e. The van der Waals surface area contributed by atoms with Crippen LogP contribution in [0.4, 0.5) is 18.9 Å². The molecule has 0 aliphatic carbocycles. The second-order valence-corrected chi connectivity index (χ2v) is 7.28. The smallest absolute Gasteiger partial charge is 0.378 e. The number of morpholine rings is 1. The Labute approximate surface area is 158 Å². The zero-order valence-corrected chi connectivity index (χ0v) is 15.6. The van der Waals surface area contributed by atoms with Crippen LogP contribution in [0.15, 0.2) is 23.2 Å². The van der Waals surface area contributed by atoms with Crippen LogP contribution in [0.3, 0.4) is 0 Å². The largest absolute Gasteiger partial charge is 0.416 e. The molecule has 0 amide bonds. The van der Waals surface area contributed by atoms with Crippen LogP contribution in [-0.2, 0) is 17.5 Å². The normalized spacial score (nSPS) is 20.2. The van der Waals surface area contributed by atoms with Crippen LogP contribution in [0.5, 0.6) is 0 Å². The number of hydrogen-bond donors (Lipinski definition) is 1. The van der Waals surface area contributed by atoms with Crippen LogP contribution in [0, 0.1) is 5.92 Å². The molecule has 2 fully saturated rings. The van der Waals surface area contributed by atoms with Gasteiger partial charge in [-0.3, -0.25) is 0 Å². The Bertz CT molecular complexity index is 663. The summed E-state index contributed by atoms with van der Waals surface area (Å²) < 4.78 is 46.0. The van der Waals surface area contributed by atoms with Gasteiger partial charge in [-0.2, -0.15) is 13.2 Å². The zero-order chi connectivity index (χ0) is 19.4. The highest BCUT2D eigenvalue weighted by Gasteiger charge is 2.34. The van der Waals surface area contributed by atoms with Gasteiger partial charge in [0, 0.05) is 31.9 Å². The fourth-order valence-corrected chi connectivity index (χ4v) is 3.49. The van der Waals surface area contributed by atoms with Crippen molar-refractivity contribution in [2.45, 2.75) is 32.5 Å². The number of ether oxygens (including phenoxy) is 1. The third kappa shape index (κ3) is 5.06. The van der Waals surface area contributed by atoms with Gasteiger partial charge >= 0.3 is 6.18 Å². The number of anilines is 1. The van der Waals surface area contributed by atoms with E-state index in [2.05, 4.69) is 11.9 Å². The van der Waals surface area contributed by atoms with Gasteiger partial charge in [0.25, 0.3) is 0 Å². The van der Waals surface area contributed by atoms with Crippen LogP contribution in [0.2, 0.25) is 0 Å². The van der Waals surface area contributed by atoms with Crippen LogP contribution in [-0.4, -0.2) is 50.3 Å². The first-order chi connectivity index (χ1) is 12.8. The Morgan fingerprint density at radius 1 is 1.19 bits per heavy atom. The Morgan fingerprint density at radius 3 is 2.48 bits per heavy atom. The number of nitrogens with two attached hydrogens (primary N) is 1. The standard InChI is InChI=1S/C19H27F3N4O/c1-14-4-6-26(7-5-14)18(23)24-13-15-2-3-16(12-17(15)19(20,21)22)25-8-10-27-11-9-25/h2-3,12,14H,4-11,13H2,1H3,(H2,23,24). The van der Waals surface area contributed by atoms with Gasteiger partial charge in [-0.1, -0.05) is 13.0 Å². The summed E-state index contributed by atoms with van der Waals surface area (Å²) >= 11 is 0. The molecule has 2 aliphatic heterocycles. The van der Waals surface area contributed by atoms with Gasteiger partial charge < -0.3 is 20.3 Å². The summed E-state index contributed by atoms with van der Waals surface area (Å²) in [5, 5.41) is 0. The second-order valence-electron chi connectivity index (χ2n) is 7.28. The number of alkyl halides is 3. The molecule has 2 aliphatic rings. The summed E-state index contributed by atoms with van der Waals surface area (Å²) in [5.41, 5.74) is 6.09. The number of halogens is 3. The van der Waals surface area contributed by atoms with Crippen LogP contribution in [0.1, 0.15) is 30.9 Å². The third-order valence-corrected chi connectivity index (χ3v) is 5.29. The summed E-state index contributed by atoms with van der Waals surface area (Å²) in [6.07, 6.45) is -2.38. The number of guanidine groups is 1. The molecule has 1 aromatic carbocycles. The predicted molar refractivity (Wildman–Crippen MR) is 99.8 cm³/mol. The monoisotopic (exact) mass is 384 g/mol. The molecule has 0 spiro atoms. The highest BCUT2D eigenvalue weighted by Crippen LogP contribution is 2.35. The average Bonchev–Trinajstić information content (AvgIpc) is 2.66. The molecule has 0 bridgehead atoms. The van der Waals surface area contributed by atoms with E-state index in [4.69, 9.17) is 10.5 Å². The Hall–Kier alpha value is -1.96. The molecule has 2 heterocycles. The molecule has 2 saturated heterocycles. The summed E-state index contributed by atoms with van der Waals surface area (Å²) in [6, 6.07) is 4.46. The van der Waals surface area contributed by atoms with E-state index in [9.17, 15) is 13.2 Å². The van der Waals surface area contributed by atoms with E-state index in [0.29, 0.717) is 43.9 Å². The molecule has 8 heteroatoms. The fourth-order valence-electron chi connectivity index (χ4n) is 3.49. The number of likely N-dealkylation sites (tertiary alicyclic amines) is 1. The van der Waals surface area contributed by atoms with Crippen molar-refractivity contribution in [1.29, 1.82) is 0 Å². The van der Waals surface area contributed by atoms with E-state index in [1.165, 1.54) is 12.1 Å². The van der Waals surface area contributed by atoms with Crippen LogP contribution in [0.25, 0.3) is 0 Å². The lowest BCUT2D eigenvalue weighted by Crippen LogP contribution is -2.42. The maximum atomic E-state index is 13.6. The summed E-state index contributed by atoms with van der Waals surface area (Å²) in [6.45, 7) is 5.96. The van der Waals surface area contributed by atoms with E-state index in [-0.39, 0.29) is 12.1 Å². The van der Waals surface area contributed by atoms with Crippen LogP contribution >= 0.6 is 0 Å². The van der Waals surface area contributed by atoms with Crippen molar-refractivity contribution in [1.82, 2.24) is 4.90 Å². The Balaban J connectivity index is 1.76. The van der Waals surface area contributed by atoms with Crippen molar-refractivity contribution in [2.24, 2.45) is 16.6 Å². The molecule has 1 aromatic rings. The van der Waals surface area contributed by atoms with Gasteiger partial charge in [-0.05, 0) is 36.5 Å². The Kier molecular flexibility index (Phi) is 6.14.